The first-order valence-corrected chi connectivity index (χ1v) is 11.1. The van der Waals surface area contributed by atoms with Crippen molar-refractivity contribution in [1.29, 1.82) is 0 Å². The molecule has 0 radical (unpaired) electrons. The van der Waals surface area contributed by atoms with Crippen LogP contribution in [0, 0.1) is 0 Å². The summed E-state index contributed by atoms with van der Waals surface area (Å²) < 4.78 is 6.08. The summed E-state index contributed by atoms with van der Waals surface area (Å²) in [6.07, 6.45) is 5.90. The Kier molecular flexibility index (Phi) is 6.36. The molecule has 3 heterocycles. The number of nitrogens with zero attached hydrogens (tertiary/aromatic N) is 4. The molecule has 2 aromatic carbocycles. The summed E-state index contributed by atoms with van der Waals surface area (Å²) in [5.41, 5.74) is 9.09. The van der Waals surface area contributed by atoms with Crippen molar-refractivity contribution >= 4 is 16.7 Å². The molecule has 0 amide bonds. The summed E-state index contributed by atoms with van der Waals surface area (Å²) >= 11 is 0. The van der Waals surface area contributed by atoms with Crippen molar-refractivity contribution in [2.45, 2.75) is 12.5 Å². The maximum atomic E-state index is 6.43. The van der Waals surface area contributed by atoms with E-state index in [1.54, 1.807) is 18.6 Å². The summed E-state index contributed by atoms with van der Waals surface area (Å²) in [7, 11) is 0. The van der Waals surface area contributed by atoms with Crippen LogP contribution in [0.25, 0.3) is 22.3 Å². The largest absolute Gasteiger partial charge is 0.437 e. The number of pyridine rings is 2. The fraction of sp³-hybridized carbons (Fsp3) is 0.111. The van der Waals surface area contributed by atoms with Crippen LogP contribution in [0.1, 0.15) is 5.56 Å². The number of nitrogens with two attached hydrogens (primary N) is 1. The van der Waals surface area contributed by atoms with Crippen molar-refractivity contribution in [3.63, 3.8) is 0 Å². The van der Waals surface area contributed by atoms with E-state index in [4.69, 9.17) is 20.4 Å². The normalized spacial score (nSPS) is 11.8. The Morgan fingerprint density at radius 1 is 0.824 bits per heavy atom. The second-order valence-corrected chi connectivity index (χ2v) is 7.89. The van der Waals surface area contributed by atoms with Crippen LogP contribution in [0.15, 0.2) is 97.5 Å². The van der Waals surface area contributed by atoms with Crippen molar-refractivity contribution in [2.75, 3.05) is 11.9 Å². The molecule has 0 saturated carbocycles. The number of anilines is 1. The van der Waals surface area contributed by atoms with Crippen LogP contribution in [-0.2, 0) is 6.42 Å². The van der Waals surface area contributed by atoms with Crippen molar-refractivity contribution in [1.82, 2.24) is 19.9 Å². The van der Waals surface area contributed by atoms with Gasteiger partial charge >= 0.3 is 0 Å². The third-order valence-corrected chi connectivity index (χ3v) is 5.35. The molecule has 0 aliphatic carbocycles. The molecule has 168 valence electrons. The highest BCUT2D eigenvalue weighted by Crippen LogP contribution is 2.31. The van der Waals surface area contributed by atoms with Crippen molar-refractivity contribution in [3.05, 3.63) is 103 Å². The summed E-state index contributed by atoms with van der Waals surface area (Å²) in [5.74, 6) is 2.34. The fourth-order valence-electron chi connectivity index (χ4n) is 3.69. The van der Waals surface area contributed by atoms with Crippen LogP contribution >= 0.6 is 0 Å². The number of fused-ring (bicyclic) bond motifs is 1. The zero-order valence-electron chi connectivity index (χ0n) is 18.5. The Morgan fingerprint density at radius 2 is 1.56 bits per heavy atom. The van der Waals surface area contributed by atoms with Crippen LogP contribution in [0.2, 0.25) is 0 Å². The molecular weight excluding hydrogens is 424 g/mol. The zero-order valence-corrected chi connectivity index (χ0v) is 18.5. The molecule has 34 heavy (non-hydrogen) atoms. The van der Waals surface area contributed by atoms with Gasteiger partial charge < -0.3 is 15.8 Å². The second-order valence-electron chi connectivity index (χ2n) is 7.89. The molecule has 0 bridgehead atoms. The number of nitrogens with one attached hydrogen (secondary N) is 1. The van der Waals surface area contributed by atoms with E-state index in [1.807, 2.05) is 66.7 Å². The maximum Gasteiger partial charge on any atom is 0.246 e. The van der Waals surface area contributed by atoms with Crippen LogP contribution in [-0.4, -0.2) is 32.5 Å². The van der Waals surface area contributed by atoms with E-state index in [0.29, 0.717) is 35.3 Å². The smallest absolute Gasteiger partial charge is 0.246 e. The number of hydrogen-bond acceptors (Lipinski definition) is 7. The van der Waals surface area contributed by atoms with Gasteiger partial charge in [-0.15, -0.1) is 0 Å². The first kappa shape index (κ1) is 21.5. The summed E-state index contributed by atoms with van der Waals surface area (Å²) in [6, 6.07) is 25.3. The van der Waals surface area contributed by atoms with Gasteiger partial charge in [-0.2, -0.15) is 0 Å². The molecule has 0 unspecified atom stereocenters. The highest BCUT2D eigenvalue weighted by atomic mass is 16.5. The van der Waals surface area contributed by atoms with Gasteiger partial charge in [-0.3, -0.25) is 4.98 Å². The summed E-state index contributed by atoms with van der Waals surface area (Å²) in [6.45, 7) is 0.550. The lowest BCUT2D eigenvalue weighted by molar-refractivity contribution is 0.468. The number of rotatable bonds is 8. The Morgan fingerprint density at radius 3 is 2.32 bits per heavy atom. The van der Waals surface area contributed by atoms with E-state index < -0.39 is 0 Å². The SMILES string of the molecule is N[C@H](CNc1nc(-c2ccncc2)nc2c(Oc3ccccc3)nccc12)Cc1ccccc1. The molecule has 0 spiro atoms. The van der Waals surface area contributed by atoms with E-state index in [0.717, 1.165) is 17.4 Å². The second kappa shape index (κ2) is 10.1. The van der Waals surface area contributed by atoms with Crippen LogP contribution in [0.4, 0.5) is 5.82 Å². The molecule has 3 N–H and O–H groups in total. The van der Waals surface area contributed by atoms with Crippen molar-refractivity contribution in [2.24, 2.45) is 5.73 Å². The van der Waals surface area contributed by atoms with Gasteiger partial charge in [-0.05, 0) is 42.3 Å². The Labute approximate surface area is 197 Å². The molecule has 0 fully saturated rings. The number of benzene rings is 2. The Hall–Kier alpha value is -4.36. The van der Waals surface area contributed by atoms with Crippen molar-refractivity contribution < 1.29 is 4.74 Å². The number of hydrogen-bond donors (Lipinski definition) is 2. The minimum Gasteiger partial charge on any atom is -0.437 e. The molecule has 1 atom stereocenters. The van der Waals surface area contributed by atoms with Gasteiger partial charge in [0.05, 0.1) is 0 Å². The topological polar surface area (TPSA) is 98.8 Å². The van der Waals surface area contributed by atoms with Crippen molar-refractivity contribution in [3.8, 4) is 23.0 Å². The fourth-order valence-corrected chi connectivity index (χ4v) is 3.69. The lowest BCUT2D eigenvalue weighted by atomic mass is 10.1. The maximum absolute atomic E-state index is 6.43. The average molecular weight is 449 g/mol. The minimum absolute atomic E-state index is 0.0846. The van der Waals surface area contributed by atoms with Gasteiger partial charge in [0.1, 0.15) is 17.1 Å². The first-order valence-electron chi connectivity index (χ1n) is 11.1. The van der Waals surface area contributed by atoms with E-state index in [1.165, 1.54) is 5.56 Å². The summed E-state index contributed by atoms with van der Waals surface area (Å²) in [5, 5.41) is 4.24. The van der Waals surface area contributed by atoms with Gasteiger partial charge in [0, 0.05) is 42.1 Å². The molecule has 7 nitrogen and oxygen atoms in total. The Balaban J connectivity index is 1.50. The predicted octanol–water partition coefficient (Wildman–Crippen LogP) is 4.86. The third-order valence-electron chi connectivity index (χ3n) is 5.35. The quantitative estimate of drug-likeness (QED) is 0.350. The molecule has 5 rings (SSSR count). The molecular formula is C27H24N6O. The lowest BCUT2D eigenvalue weighted by Gasteiger charge is -2.16. The highest BCUT2D eigenvalue weighted by Gasteiger charge is 2.16. The number of para-hydroxylation sites is 1. The lowest BCUT2D eigenvalue weighted by Crippen LogP contribution is -2.31. The predicted molar refractivity (Wildman–Crippen MR) is 134 cm³/mol. The molecule has 5 aromatic rings. The van der Waals surface area contributed by atoms with Crippen LogP contribution < -0.4 is 15.8 Å². The third kappa shape index (κ3) is 5.00. The monoisotopic (exact) mass is 448 g/mol. The van der Waals surface area contributed by atoms with Gasteiger partial charge in [-0.25, -0.2) is 15.0 Å². The first-order chi connectivity index (χ1) is 16.8. The zero-order chi connectivity index (χ0) is 23.2. The van der Waals surface area contributed by atoms with Gasteiger partial charge in [0.25, 0.3) is 0 Å². The van der Waals surface area contributed by atoms with E-state index in [2.05, 4.69) is 27.4 Å². The average Bonchev–Trinajstić information content (AvgIpc) is 2.89. The van der Waals surface area contributed by atoms with E-state index in [9.17, 15) is 0 Å². The van der Waals surface area contributed by atoms with E-state index >= 15 is 0 Å². The molecule has 7 heteroatoms. The molecule has 0 saturated heterocycles. The van der Waals surface area contributed by atoms with Crippen LogP contribution in [0.3, 0.4) is 0 Å². The Bertz CT molecular complexity index is 1360. The molecule has 0 aliphatic rings. The van der Waals surface area contributed by atoms with E-state index in [-0.39, 0.29) is 6.04 Å². The van der Waals surface area contributed by atoms with Crippen LogP contribution in [0.5, 0.6) is 11.6 Å². The van der Waals surface area contributed by atoms with Gasteiger partial charge in [-0.1, -0.05) is 48.5 Å². The van der Waals surface area contributed by atoms with Gasteiger partial charge in [0.2, 0.25) is 5.88 Å². The molecule has 3 aromatic heterocycles. The molecule has 0 aliphatic heterocycles. The van der Waals surface area contributed by atoms with Gasteiger partial charge in [0.15, 0.2) is 5.82 Å². The minimum atomic E-state index is -0.0846. The highest BCUT2D eigenvalue weighted by molar-refractivity contribution is 5.93. The number of aromatic nitrogens is 4. The number of ether oxygens (including phenoxy) is 1. The standard InChI is InChI=1S/C27H24N6O/c28-21(17-19-7-3-1-4-8-19)18-31-26-23-13-16-30-27(34-22-9-5-2-6-10-22)24(23)32-25(33-26)20-11-14-29-15-12-20/h1-16,21H,17-18,28H2,(H,31,32,33)/t21-/m0/s1. The summed E-state index contributed by atoms with van der Waals surface area (Å²) in [4.78, 5) is 18.2.